The third-order valence-corrected chi connectivity index (χ3v) is 3.33. The number of aliphatic hydroxyl groups excluding tert-OH is 1. The highest BCUT2D eigenvalue weighted by molar-refractivity contribution is 5.38. The normalized spacial score (nSPS) is 14.0. The van der Waals surface area contributed by atoms with Gasteiger partial charge in [-0.25, -0.2) is 0 Å². The Morgan fingerprint density at radius 3 is 2.80 bits per heavy atom. The molecule has 0 amide bonds. The molecule has 2 rings (SSSR count). The maximum atomic E-state index is 10.3. The zero-order chi connectivity index (χ0) is 14.5. The summed E-state index contributed by atoms with van der Waals surface area (Å²) in [6.45, 7) is 4.43. The minimum atomic E-state index is -0.623. The SMILES string of the molecule is COc1ccc(C)cc1C(O)CN[C@H](C)c1ccco1. The highest BCUT2D eigenvalue weighted by Gasteiger charge is 2.15. The minimum Gasteiger partial charge on any atom is -0.496 e. The third-order valence-electron chi connectivity index (χ3n) is 3.33. The van der Waals surface area contributed by atoms with Gasteiger partial charge in [-0.15, -0.1) is 0 Å². The number of ether oxygens (including phenoxy) is 1. The Kier molecular flexibility index (Phi) is 4.82. The Hall–Kier alpha value is -1.78. The predicted octanol–water partition coefficient (Wildman–Crippen LogP) is 2.98. The molecule has 20 heavy (non-hydrogen) atoms. The summed E-state index contributed by atoms with van der Waals surface area (Å²) >= 11 is 0. The van der Waals surface area contributed by atoms with E-state index in [0.717, 1.165) is 16.9 Å². The lowest BCUT2D eigenvalue weighted by molar-refractivity contribution is 0.165. The number of benzene rings is 1. The molecule has 2 atom stereocenters. The standard InChI is InChI=1S/C16H21NO3/c1-11-6-7-16(19-3)13(9-11)14(18)10-17-12(2)15-5-4-8-20-15/h4-9,12,14,17-18H,10H2,1-3H3/t12-,14?/m1/s1. The van der Waals surface area contributed by atoms with E-state index in [0.29, 0.717) is 12.3 Å². The molecule has 2 N–H and O–H groups in total. The van der Waals surface area contributed by atoms with Gasteiger partial charge < -0.3 is 19.6 Å². The average molecular weight is 275 g/mol. The van der Waals surface area contributed by atoms with E-state index < -0.39 is 6.10 Å². The van der Waals surface area contributed by atoms with E-state index in [1.807, 2.05) is 44.2 Å². The molecule has 0 saturated heterocycles. The Morgan fingerprint density at radius 2 is 2.15 bits per heavy atom. The largest absolute Gasteiger partial charge is 0.496 e. The van der Waals surface area contributed by atoms with Crippen LogP contribution in [0.25, 0.3) is 0 Å². The van der Waals surface area contributed by atoms with Crippen molar-refractivity contribution < 1.29 is 14.3 Å². The van der Waals surface area contributed by atoms with Crippen molar-refractivity contribution in [1.82, 2.24) is 5.32 Å². The van der Waals surface area contributed by atoms with Gasteiger partial charge in [-0.05, 0) is 38.1 Å². The molecule has 1 heterocycles. The molecule has 0 bridgehead atoms. The van der Waals surface area contributed by atoms with Gasteiger partial charge in [0.25, 0.3) is 0 Å². The van der Waals surface area contributed by atoms with Crippen LogP contribution >= 0.6 is 0 Å². The molecule has 0 radical (unpaired) electrons. The summed E-state index contributed by atoms with van der Waals surface area (Å²) in [6.07, 6.45) is 1.02. The summed E-state index contributed by atoms with van der Waals surface area (Å²) < 4.78 is 10.6. The smallest absolute Gasteiger partial charge is 0.124 e. The first kappa shape index (κ1) is 14.6. The molecule has 1 unspecified atom stereocenters. The van der Waals surface area contributed by atoms with Crippen molar-refractivity contribution in [2.75, 3.05) is 13.7 Å². The number of nitrogens with one attached hydrogen (secondary N) is 1. The van der Waals surface area contributed by atoms with Crippen molar-refractivity contribution in [3.05, 3.63) is 53.5 Å². The molecule has 1 aromatic carbocycles. The Bertz CT molecular complexity index is 537. The summed E-state index contributed by atoms with van der Waals surface area (Å²) in [5.74, 6) is 1.56. The average Bonchev–Trinajstić information content (AvgIpc) is 2.98. The van der Waals surface area contributed by atoms with E-state index in [9.17, 15) is 5.11 Å². The van der Waals surface area contributed by atoms with E-state index in [2.05, 4.69) is 5.32 Å². The molecule has 4 nitrogen and oxygen atoms in total. The van der Waals surface area contributed by atoms with E-state index in [4.69, 9.17) is 9.15 Å². The van der Waals surface area contributed by atoms with Gasteiger partial charge in [0.05, 0.1) is 25.5 Å². The van der Waals surface area contributed by atoms with Crippen LogP contribution < -0.4 is 10.1 Å². The molecule has 0 fully saturated rings. The molecular weight excluding hydrogens is 254 g/mol. The van der Waals surface area contributed by atoms with E-state index in [1.165, 1.54) is 0 Å². The van der Waals surface area contributed by atoms with Crippen LogP contribution in [0.5, 0.6) is 5.75 Å². The van der Waals surface area contributed by atoms with E-state index in [-0.39, 0.29) is 6.04 Å². The molecule has 2 aromatic rings. The van der Waals surface area contributed by atoms with Gasteiger partial charge in [-0.1, -0.05) is 11.6 Å². The second-order valence-electron chi connectivity index (χ2n) is 4.91. The van der Waals surface area contributed by atoms with Crippen LogP contribution in [0.15, 0.2) is 41.0 Å². The number of methoxy groups -OCH3 is 1. The number of aliphatic hydroxyl groups is 1. The van der Waals surface area contributed by atoms with Crippen molar-refractivity contribution >= 4 is 0 Å². The Morgan fingerprint density at radius 1 is 1.35 bits per heavy atom. The number of furan rings is 1. The van der Waals surface area contributed by atoms with Crippen LogP contribution in [-0.2, 0) is 0 Å². The number of hydrogen-bond donors (Lipinski definition) is 2. The summed E-state index contributed by atoms with van der Waals surface area (Å²) in [6, 6.07) is 9.61. The fraction of sp³-hybridized carbons (Fsp3) is 0.375. The molecule has 108 valence electrons. The Balaban J connectivity index is 2.01. The van der Waals surface area contributed by atoms with Gasteiger partial charge in [0, 0.05) is 12.1 Å². The molecular formula is C16H21NO3. The van der Waals surface area contributed by atoms with Crippen molar-refractivity contribution in [2.24, 2.45) is 0 Å². The lowest BCUT2D eigenvalue weighted by atomic mass is 10.0. The Labute approximate surface area is 119 Å². The maximum Gasteiger partial charge on any atom is 0.124 e. The predicted molar refractivity (Wildman–Crippen MR) is 77.8 cm³/mol. The van der Waals surface area contributed by atoms with Crippen LogP contribution in [0.2, 0.25) is 0 Å². The van der Waals surface area contributed by atoms with Gasteiger partial charge in [-0.2, -0.15) is 0 Å². The maximum absolute atomic E-state index is 10.3. The monoisotopic (exact) mass is 275 g/mol. The molecule has 0 saturated carbocycles. The van der Waals surface area contributed by atoms with Crippen LogP contribution in [0, 0.1) is 6.92 Å². The lowest BCUT2D eigenvalue weighted by Gasteiger charge is -2.18. The van der Waals surface area contributed by atoms with Gasteiger partial charge in [0.1, 0.15) is 11.5 Å². The van der Waals surface area contributed by atoms with Crippen molar-refractivity contribution in [2.45, 2.75) is 26.0 Å². The zero-order valence-corrected chi connectivity index (χ0v) is 12.1. The zero-order valence-electron chi connectivity index (χ0n) is 12.1. The number of hydrogen-bond acceptors (Lipinski definition) is 4. The fourth-order valence-corrected chi connectivity index (χ4v) is 2.15. The number of rotatable bonds is 6. The summed E-state index contributed by atoms with van der Waals surface area (Å²) in [7, 11) is 1.61. The molecule has 0 aliphatic rings. The fourth-order valence-electron chi connectivity index (χ4n) is 2.15. The van der Waals surface area contributed by atoms with Gasteiger partial charge in [-0.3, -0.25) is 0 Å². The second-order valence-corrected chi connectivity index (χ2v) is 4.91. The summed E-state index contributed by atoms with van der Waals surface area (Å²) in [4.78, 5) is 0. The topological polar surface area (TPSA) is 54.6 Å². The van der Waals surface area contributed by atoms with E-state index in [1.54, 1.807) is 13.4 Å². The van der Waals surface area contributed by atoms with Crippen LogP contribution in [0.4, 0.5) is 0 Å². The number of aryl methyl sites for hydroxylation is 1. The highest BCUT2D eigenvalue weighted by Crippen LogP contribution is 2.26. The van der Waals surface area contributed by atoms with Gasteiger partial charge >= 0.3 is 0 Å². The molecule has 0 spiro atoms. The first-order valence-electron chi connectivity index (χ1n) is 6.71. The van der Waals surface area contributed by atoms with Crippen LogP contribution in [0.3, 0.4) is 0 Å². The quantitative estimate of drug-likeness (QED) is 0.851. The van der Waals surface area contributed by atoms with Gasteiger partial charge in [0.2, 0.25) is 0 Å². The summed E-state index contributed by atoms with van der Waals surface area (Å²) in [5, 5.41) is 13.6. The van der Waals surface area contributed by atoms with Crippen molar-refractivity contribution in [3.63, 3.8) is 0 Å². The highest BCUT2D eigenvalue weighted by atomic mass is 16.5. The van der Waals surface area contributed by atoms with Crippen LogP contribution in [0.1, 0.15) is 36.0 Å². The lowest BCUT2D eigenvalue weighted by Crippen LogP contribution is -2.24. The van der Waals surface area contributed by atoms with Gasteiger partial charge in [0.15, 0.2) is 0 Å². The van der Waals surface area contributed by atoms with Crippen LogP contribution in [-0.4, -0.2) is 18.8 Å². The molecule has 0 aliphatic carbocycles. The summed E-state index contributed by atoms with van der Waals surface area (Å²) in [5.41, 5.74) is 1.89. The van der Waals surface area contributed by atoms with Crippen molar-refractivity contribution in [3.8, 4) is 5.75 Å². The minimum absolute atomic E-state index is 0.0513. The van der Waals surface area contributed by atoms with Crippen molar-refractivity contribution in [1.29, 1.82) is 0 Å². The van der Waals surface area contributed by atoms with E-state index >= 15 is 0 Å². The molecule has 1 aromatic heterocycles. The first-order chi connectivity index (χ1) is 9.61. The molecule has 0 aliphatic heterocycles. The first-order valence-corrected chi connectivity index (χ1v) is 6.71. The third kappa shape index (κ3) is 3.40. The molecule has 4 heteroatoms. The second kappa shape index (κ2) is 6.59.